The first-order valence-electron chi connectivity index (χ1n) is 9.51. The van der Waals surface area contributed by atoms with E-state index in [0.29, 0.717) is 23.7 Å². The molecule has 2 aromatic carbocycles. The fraction of sp³-hybridized carbons (Fsp3) is 0.364. The summed E-state index contributed by atoms with van der Waals surface area (Å²) in [4.78, 5) is 26.4. The molecule has 1 atom stereocenters. The van der Waals surface area contributed by atoms with Gasteiger partial charge in [0.25, 0.3) is 11.8 Å². The monoisotopic (exact) mass is 382 g/mol. The molecule has 0 spiro atoms. The van der Waals surface area contributed by atoms with E-state index in [9.17, 15) is 9.59 Å². The third kappa shape index (κ3) is 4.11. The number of amides is 2. The first-order chi connectivity index (χ1) is 13.4. The lowest BCUT2D eigenvalue weighted by molar-refractivity contribution is -0.125. The van der Waals surface area contributed by atoms with E-state index in [1.807, 2.05) is 39.0 Å². The Bertz CT molecular complexity index is 894. The summed E-state index contributed by atoms with van der Waals surface area (Å²) in [6.07, 6.45) is 0.309. The molecule has 1 heterocycles. The van der Waals surface area contributed by atoms with Crippen LogP contribution in [0.1, 0.15) is 31.4 Å². The number of hydrogen-bond acceptors (Lipinski definition) is 4. The lowest BCUT2D eigenvalue weighted by Gasteiger charge is -2.33. The van der Waals surface area contributed by atoms with E-state index in [-0.39, 0.29) is 18.4 Å². The molecule has 1 aliphatic heterocycles. The Morgan fingerprint density at radius 1 is 1.25 bits per heavy atom. The molecule has 28 heavy (non-hydrogen) atoms. The third-order valence-corrected chi connectivity index (χ3v) is 4.81. The summed E-state index contributed by atoms with van der Waals surface area (Å²) < 4.78 is 11.4. The molecule has 1 unspecified atom stereocenters. The fourth-order valence-electron chi connectivity index (χ4n) is 3.16. The predicted octanol–water partition coefficient (Wildman–Crippen LogP) is 3.84. The zero-order chi connectivity index (χ0) is 20.3. The maximum atomic E-state index is 12.3. The molecule has 1 aliphatic rings. The highest BCUT2D eigenvalue weighted by Gasteiger charge is 2.31. The Hall–Kier alpha value is -3.02. The Kier molecular flexibility index (Phi) is 5.87. The van der Waals surface area contributed by atoms with Crippen LogP contribution in [-0.2, 0) is 9.59 Å². The van der Waals surface area contributed by atoms with Crippen molar-refractivity contribution in [2.24, 2.45) is 0 Å². The number of anilines is 2. The van der Waals surface area contributed by atoms with Crippen LogP contribution < -0.4 is 19.7 Å². The minimum atomic E-state index is -0.544. The van der Waals surface area contributed by atoms with Crippen LogP contribution in [0.2, 0.25) is 0 Å². The van der Waals surface area contributed by atoms with Crippen LogP contribution in [0.3, 0.4) is 0 Å². The first-order valence-corrected chi connectivity index (χ1v) is 9.51. The van der Waals surface area contributed by atoms with Crippen molar-refractivity contribution >= 4 is 23.2 Å². The normalized spacial score (nSPS) is 15.6. The summed E-state index contributed by atoms with van der Waals surface area (Å²) in [6.45, 7) is 8.28. The summed E-state index contributed by atoms with van der Waals surface area (Å²) in [5.41, 5.74) is 3.47. The zero-order valence-corrected chi connectivity index (χ0v) is 16.7. The van der Waals surface area contributed by atoms with Gasteiger partial charge in [-0.1, -0.05) is 19.1 Å². The van der Waals surface area contributed by atoms with Crippen LogP contribution in [0.5, 0.6) is 11.5 Å². The summed E-state index contributed by atoms with van der Waals surface area (Å²) in [6, 6.07) is 11.1. The van der Waals surface area contributed by atoms with Crippen LogP contribution in [0.15, 0.2) is 36.4 Å². The van der Waals surface area contributed by atoms with Gasteiger partial charge in [0.15, 0.2) is 12.7 Å². The maximum Gasteiger partial charge on any atom is 0.267 e. The number of carbonyl (C=O) groups excluding carboxylic acids is 2. The van der Waals surface area contributed by atoms with Crippen LogP contribution in [0, 0.1) is 13.8 Å². The smallest absolute Gasteiger partial charge is 0.267 e. The topological polar surface area (TPSA) is 67.9 Å². The molecule has 0 saturated carbocycles. The van der Waals surface area contributed by atoms with Crippen molar-refractivity contribution in [3.05, 3.63) is 47.5 Å². The van der Waals surface area contributed by atoms with Gasteiger partial charge in [-0.05, 0) is 56.5 Å². The van der Waals surface area contributed by atoms with Gasteiger partial charge in [0.1, 0.15) is 11.5 Å². The van der Waals surface area contributed by atoms with Crippen LogP contribution in [-0.4, -0.2) is 31.1 Å². The highest BCUT2D eigenvalue weighted by atomic mass is 16.5. The predicted molar refractivity (Wildman–Crippen MR) is 109 cm³/mol. The van der Waals surface area contributed by atoms with Crippen molar-refractivity contribution in [2.75, 3.05) is 23.4 Å². The quantitative estimate of drug-likeness (QED) is 0.824. The van der Waals surface area contributed by atoms with Crippen molar-refractivity contribution in [3.8, 4) is 11.5 Å². The second kappa shape index (κ2) is 8.33. The molecule has 0 aromatic heterocycles. The molecule has 0 aliphatic carbocycles. The van der Waals surface area contributed by atoms with E-state index in [0.717, 1.165) is 23.2 Å². The molecular formula is C22H26N2O4. The van der Waals surface area contributed by atoms with Crippen molar-refractivity contribution in [2.45, 2.75) is 40.2 Å². The molecule has 6 heteroatoms. The Balaban J connectivity index is 1.68. The number of benzene rings is 2. The second-order valence-corrected chi connectivity index (χ2v) is 6.97. The van der Waals surface area contributed by atoms with E-state index in [1.54, 1.807) is 30.0 Å². The van der Waals surface area contributed by atoms with Gasteiger partial charge in [0.05, 0.1) is 5.69 Å². The number of fused-ring (bicyclic) bond motifs is 1. The lowest BCUT2D eigenvalue weighted by atomic mass is 10.1. The van der Waals surface area contributed by atoms with E-state index in [4.69, 9.17) is 9.47 Å². The van der Waals surface area contributed by atoms with E-state index < -0.39 is 6.10 Å². The van der Waals surface area contributed by atoms with Gasteiger partial charge < -0.3 is 19.7 Å². The van der Waals surface area contributed by atoms with Crippen LogP contribution in [0.4, 0.5) is 11.4 Å². The van der Waals surface area contributed by atoms with Crippen LogP contribution >= 0.6 is 0 Å². The molecular weight excluding hydrogens is 356 g/mol. The lowest BCUT2D eigenvalue weighted by Crippen LogP contribution is -2.44. The minimum Gasteiger partial charge on any atom is -0.483 e. The molecule has 6 nitrogen and oxygen atoms in total. The first kappa shape index (κ1) is 19.7. The summed E-state index contributed by atoms with van der Waals surface area (Å²) in [7, 11) is 0. The maximum absolute atomic E-state index is 12.3. The van der Waals surface area contributed by atoms with Gasteiger partial charge in [0, 0.05) is 18.3 Å². The highest BCUT2D eigenvalue weighted by Crippen LogP contribution is 2.36. The molecule has 2 amide bonds. The minimum absolute atomic E-state index is 0.0481. The Morgan fingerprint density at radius 3 is 2.79 bits per heavy atom. The van der Waals surface area contributed by atoms with E-state index >= 15 is 0 Å². The summed E-state index contributed by atoms with van der Waals surface area (Å²) in [5, 5.41) is 2.82. The number of nitrogens with one attached hydrogen (secondary N) is 1. The highest BCUT2D eigenvalue weighted by molar-refractivity contribution is 6.00. The number of rotatable bonds is 6. The van der Waals surface area contributed by atoms with Gasteiger partial charge in [-0.3, -0.25) is 9.59 Å². The average Bonchev–Trinajstić information content (AvgIpc) is 2.66. The fourth-order valence-corrected chi connectivity index (χ4v) is 3.16. The average molecular weight is 382 g/mol. The third-order valence-electron chi connectivity index (χ3n) is 4.81. The molecule has 1 N–H and O–H groups in total. The van der Waals surface area contributed by atoms with Gasteiger partial charge >= 0.3 is 0 Å². The molecule has 3 rings (SSSR count). The molecule has 0 bridgehead atoms. The second-order valence-electron chi connectivity index (χ2n) is 6.97. The van der Waals surface area contributed by atoms with Gasteiger partial charge in [-0.15, -0.1) is 0 Å². The largest absolute Gasteiger partial charge is 0.483 e. The number of hydrogen-bond donors (Lipinski definition) is 1. The molecule has 0 saturated heterocycles. The van der Waals surface area contributed by atoms with Crippen LogP contribution in [0.25, 0.3) is 0 Å². The SMILES string of the molecule is CCCN1C(=O)C(C)Oc2cc(NC(=O)COc3cccc(C)c3C)ccc21. The molecule has 0 fully saturated rings. The number of nitrogens with zero attached hydrogens (tertiary/aromatic N) is 1. The van der Waals surface area contributed by atoms with Crippen molar-refractivity contribution < 1.29 is 19.1 Å². The van der Waals surface area contributed by atoms with E-state index in [1.165, 1.54) is 0 Å². The van der Waals surface area contributed by atoms with Gasteiger partial charge in [-0.25, -0.2) is 0 Å². The van der Waals surface area contributed by atoms with Crippen molar-refractivity contribution in [3.63, 3.8) is 0 Å². The Labute approximate surface area is 165 Å². The van der Waals surface area contributed by atoms with Crippen molar-refractivity contribution in [1.29, 1.82) is 0 Å². The van der Waals surface area contributed by atoms with Crippen molar-refractivity contribution in [1.82, 2.24) is 0 Å². The summed E-state index contributed by atoms with van der Waals surface area (Å²) in [5.74, 6) is 0.986. The Morgan fingerprint density at radius 2 is 2.04 bits per heavy atom. The summed E-state index contributed by atoms with van der Waals surface area (Å²) >= 11 is 0. The van der Waals surface area contributed by atoms with Gasteiger partial charge in [-0.2, -0.15) is 0 Å². The number of carbonyl (C=O) groups is 2. The zero-order valence-electron chi connectivity index (χ0n) is 16.7. The molecule has 0 radical (unpaired) electrons. The van der Waals surface area contributed by atoms with E-state index in [2.05, 4.69) is 5.32 Å². The van der Waals surface area contributed by atoms with Gasteiger partial charge in [0.2, 0.25) is 0 Å². The standard InChI is InChI=1S/C22H26N2O4/c1-5-11-24-18-10-9-17(12-20(18)28-16(4)22(24)26)23-21(25)13-27-19-8-6-7-14(2)15(19)3/h6-10,12,16H,5,11,13H2,1-4H3,(H,23,25). The molecule has 148 valence electrons. The molecule has 2 aromatic rings. The number of ether oxygens (including phenoxy) is 2. The number of aryl methyl sites for hydroxylation is 1.